The summed E-state index contributed by atoms with van der Waals surface area (Å²) in [5.41, 5.74) is 1.17. The maximum atomic E-state index is 12.7. The number of hydrogen-bond acceptors (Lipinski definition) is 4. The molecule has 1 saturated heterocycles. The van der Waals surface area contributed by atoms with Crippen molar-refractivity contribution in [2.24, 2.45) is 7.05 Å². The van der Waals surface area contributed by atoms with Crippen LogP contribution in [0.3, 0.4) is 0 Å². The minimum atomic E-state index is -4.39. The Kier molecular flexibility index (Phi) is 4.01. The highest BCUT2D eigenvalue weighted by atomic mass is 19.4. The summed E-state index contributed by atoms with van der Waals surface area (Å²) in [4.78, 5) is 18.5. The molecule has 1 fully saturated rings. The number of anilines is 2. The summed E-state index contributed by atoms with van der Waals surface area (Å²) < 4.78 is 39.8. The molecular weight excluding hydrogens is 359 g/mol. The lowest BCUT2D eigenvalue weighted by atomic mass is 10.2. The fraction of sp³-hybridized carbons (Fsp3) is 0.278. The first kappa shape index (κ1) is 17.3. The van der Waals surface area contributed by atoms with E-state index in [9.17, 15) is 18.0 Å². The number of fused-ring (bicyclic) bond motifs is 1. The van der Waals surface area contributed by atoms with Gasteiger partial charge in [-0.15, -0.1) is 0 Å². The Morgan fingerprint density at radius 1 is 1.19 bits per heavy atom. The normalized spacial score (nSPS) is 17.7. The molecule has 1 atom stereocenters. The molecule has 27 heavy (non-hydrogen) atoms. The number of pyridine rings is 1. The summed E-state index contributed by atoms with van der Waals surface area (Å²) in [5.74, 6) is -0.177. The first-order valence-corrected chi connectivity index (χ1v) is 8.36. The summed E-state index contributed by atoms with van der Waals surface area (Å²) >= 11 is 0. The van der Waals surface area contributed by atoms with Gasteiger partial charge in [-0.2, -0.15) is 18.3 Å². The second-order valence-corrected chi connectivity index (χ2v) is 6.38. The molecule has 1 aliphatic heterocycles. The van der Waals surface area contributed by atoms with E-state index in [0.29, 0.717) is 24.3 Å². The van der Waals surface area contributed by atoms with E-state index in [1.807, 2.05) is 0 Å². The van der Waals surface area contributed by atoms with E-state index in [4.69, 9.17) is 0 Å². The number of nitrogens with one attached hydrogen (secondary N) is 1. The number of hydrogen-bond donors (Lipinski definition) is 1. The lowest BCUT2D eigenvalue weighted by Gasteiger charge is -2.18. The molecular formula is C18H16F3N5O. The van der Waals surface area contributed by atoms with Crippen LogP contribution in [0.4, 0.5) is 24.5 Å². The van der Waals surface area contributed by atoms with Gasteiger partial charge in [-0.25, -0.2) is 4.98 Å². The molecule has 1 N–H and O–H groups in total. The van der Waals surface area contributed by atoms with Crippen molar-refractivity contribution in [3.8, 4) is 0 Å². The zero-order valence-electron chi connectivity index (χ0n) is 14.4. The van der Waals surface area contributed by atoms with Crippen molar-refractivity contribution in [2.45, 2.75) is 18.6 Å². The molecule has 3 heterocycles. The topological polar surface area (TPSA) is 63.1 Å². The monoisotopic (exact) mass is 375 g/mol. The Balaban J connectivity index is 1.53. The highest BCUT2D eigenvalue weighted by Crippen LogP contribution is 2.32. The Bertz CT molecular complexity index is 996. The van der Waals surface area contributed by atoms with Gasteiger partial charge in [0.1, 0.15) is 6.04 Å². The molecule has 0 aliphatic carbocycles. The number of carbonyl (C=O) groups excluding carboxylic acids is 1. The quantitative estimate of drug-likeness (QED) is 0.764. The molecule has 0 bridgehead atoms. The van der Waals surface area contributed by atoms with Crippen molar-refractivity contribution in [3.05, 3.63) is 48.3 Å². The SMILES string of the molecule is Cn1ncc2c(NC3CCN(c4ccc(C(F)(F)F)cc4)C3=O)ccnc21. The maximum Gasteiger partial charge on any atom is 0.416 e. The number of rotatable bonds is 3. The number of alkyl halides is 3. The summed E-state index contributed by atoms with van der Waals surface area (Å²) in [6.07, 6.45) is -0.533. The summed E-state index contributed by atoms with van der Waals surface area (Å²) in [6.45, 7) is 0.434. The zero-order valence-corrected chi connectivity index (χ0v) is 14.4. The molecule has 6 nitrogen and oxygen atoms in total. The summed E-state index contributed by atoms with van der Waals surface area (Å²) in [7, 11) is 1.78. The third-order valence-corrected chi connectivity index (χ3v) is 4.68. The predicted molar refractivity (Wildman–Crippen MR) is 94.3 cm³/mol. The molecule has 2 aromatic heterocycles. The van der Waals surface area contributed by atoms with Gasteiger partial charge < -0.3 is 10.2 Å². The molecule has 1 aromatic carbocycles. The predicted octanol–water partition coefficient (Wildman–Crippen LogP) is 3.20. The van der Waals surface area contributed by atoms with Crippen molar-refractivity contribution in [1.29, 1.82) is 0 Å². The smallest absolute Gasteiger partial charge is 0.373 e. The first-order chi connectivity index (χ1) is 12.8. The Morgan fingerprint density at radius 2 is 1.93 bits per heavy atom. The van der Waals surface area contributed by atoms with Gasteiger partial charge in [0.15, 0.2) is 5.65 Å². The third kappa shape index (κ3) is 3.09. The lowest BCUT2D eigenvalue weighted by molar-refractivity contribution is -0.137. The Hall–Kier alpha value is -3.10. The van der Waals surface area contributed by atoms with Gasteiger partial charge in [0.25, 0.3) is 0 Å². The molecule has 0 radical (unpaired) electrons. The minimum Gasteiger partial charge on any atom is -0.373 e. The van der Waals surface area contributed by atoms with Gasteiger partial charge in [-0.3, -0.25) is 9.48 Å². The van der Waals surface area contributed by atoms with Crippen molar-refractivity contribution < 1.29 is 18.0 Å². The van der Waals surface area contributed by atoms with Crippen LogP contribution in [0.2, 0.25) is 0 Å². The van der Waals surface area contributed by atoms with Gasteiger partial charge >= 0.3 is 6.18 Å². The Labute approximate surface area is 152 Å². The van der Waals surface area contributed by atoms with Gasteiger partial charge in [0.2, 0.25) is 5.91 Å². The highest BCUT2D eigenvalue weighted by Gasteiger charge is 2.34. The van der Waals surface area contributed by atoms with E-state index in [0.717, 1.165) is 23.2 Å². The molecule has 0 saturated carbocycles. The number of carbonyl (C=O) groups is 1. The van der Waals surface area contributed by atoms with Crippen LogP contribution in [-0.4, -0.2) is 33.3 Å². The van der Waals surface area contributed by atoms with E-state index in [1.165, 1.54) is 17.0 Å². The number of benzene rings is 1. The van der Waals surface area contributed by atoms with E-state index < -0.39 is 17.8 Å². The number of halogens is 3. The van der Waals surface area contributed by atoms with Gasteiger partial charge in [-0.1, -0.05) is 0 Å². The van der Waals surface area contributed by atoms with Crippen molar-refractivity contribution in [1.82, 2.24) is 14.8 Å². The number of amides is 1. The van der Waals surface area contributed by atoms with Crippen molar-refractivity contribution in [2.75, 3.05) is 16.8 Å². The van der Waals surface area contributed by atoms with Crippen LogP contribution < -0.4 is 10.2 Å². The van der Waals surface area contributed by atoms with Crippen LogP contribution in [0.25, 0.3) is 11.0 Å². The molecule has 1 aliphatic rings. The van der Waals surface area contributed by atoms with E-state index in [2.05, 4.69) is 15.4 Å². The van der Waals surface area contributed by atoms with Crippen LogP contribution in [0.15, 0.2) is 42.7 Å². The van der Waals surface area contributed by atoms with Gasteiger partial charge in [-0.05, 0) is 36.8 Å². The van der Waals surface area contributed by atoms with Crippen molar-refractivity contribution >= 4 is 28.3 Å². The Morgan fingerprint density at radius 3 is 2.63 bits per heavy atom. The standard InChI is InChI=1S/C18H16F3N5O/c1-25-16-13(10-23-25)14(6-8-22-16)24-15-7-9-26(17(15)27)12-4-2-11(3-5-12)18(19,20)21/h2-6,8,10,15H,7,9H2,1H3,(H,22,24). The van der Waals surface area contributed by atoms with Gasteiger partial charge in [0.05, 0.1) is 17.1 Å². The maximum absolute atomic E-state index is 12.7. The molecule has 1 unspecified atom stereocenters. The zero-order chi connectivity index (χ0) is 19.2. The van der Waals surface area contributed by atoms with Crippen LogP contribution in [0, 0.1) is 0 Å². The van der Waals surface area contributed by atoms with Crippen LogP contribution in [0.1, 0.15) is 12.0 Å². The fourth-order valence-electron chi connectivity index (χ4n) is 3.26. The number of nitrogens with zero attached hydrogens (tertiary/aromatic N) is 4. The molecule has 1 amide bonds. The van der Waals surface area contributed by atoms with Crippen molar-refractivity contribution in [3.63, 3.8) is 0 Å². The highest BCUT2D eigenvalue weighted by molar-refractivity contribution is 6.02. The third-order valence-electron chi connectivity index (χ3n) is 4.68. The number of aromatic nitrogens is 3. The van der Waals surface area contributed by atoms with Crippen LogP contribution >= 0.6 is 0 Å². The summed E-state index contributed by atoms with van der Waals surface area (Å²) in [6, 6.07) is 5.96. The second kappa shape index (κ2) is 6.26. The molecule has 3 aromatic rings. The average molecular weight is 375 g/mol. The minimum absolute atomic E-state index is 0.177. The van der Waals surface area contributed by atoms with Gasteiger partial charge in [0, 0.05) is 31.2 Å². The lowest BCUT2D eigenvalue weighted by Crippen LogP contribution is -2.33. The second-order valence-electron chi connectivity index (χ2n) is 6.38. The first-order valence-electron chi connectivity index (χ1n) is 8.36. The molecule has 4 rings (SSSR count). The fourth-order valence-corrected chi connectivity index (χ4v) is 3.26. The molecule has 9 heteroatoms. The van der Waals surface area contributed by atoms with E-state index >= 15 is 0 Å². The van der Waals surface area contributed by atoms with Crippen LogP contribution in [0.5, 0.6) is 0 Å². The van der Waals surface area contributed by atoms with Crippen LogP contribution in [-0.2, 0) is 18.0 Å². The summed E-state index contributed by atoms with van der Waals surface area (Å²) in [5, 5.41) is 8.19. The number of aryl methyl sites for hydroxylation is 1. The average Bonchev–Trinajstić information content (AvgIpc) is 3.19. The molecule has 0 spiro atoms. The van der Waals surface area contributed by atoms with E-state index in [1.54, 1.807) is 30.2 Å². The molecule has 140 valence electrons. The largest absolute Gasteiger partial charge is 0.416 e. The van der Waals surface area contributed by atoms with E-state index in [-0.39, 0.29) is 5.91 Å².